The van der Waals surface area contributed by atoms with Gasteiger partial charge in [0.05, 0.1) is 18.3 Å². The van der Waals surface area contributed by atoms with Crippen LogP contribution in [0.15, 0.2) is 12.7 Å². The van der Waals surface area contributed by atoms with Crippen LogP contribution < -0.4 is 0 Å². The van der Waals surface area contributed by atoms with E-state index in [1.165, 1.54) is 6.42 Å². The zero-order valence-corrected chi connectivity index (χ0v) is 17.1. The highest BCUT2D eigenvalue weighted by molar-refractivity contribution is 6.74. The Kier molecular flexibility index (Phi) is 6.91. The van der Waals surface area contributed by atoms with Gasteiger partial charge in [-0.3, -0.25) is 0 Å². The third kappa shape index (κ3) is 4.69. The largest absolute Gasteiger partial charge is 0.411 e. The highest BCUT2D eigenvalue weighted by Crippen LogP contribution is 2.41. The Morgan fingerprint density at radius 3 is 2.41 bits per heavy atom. The Labute approximate surface area is 139 Å². The molecule has 0 bridgehead atoms. The molecule has 5 atom stereocenters. The van der Waals surface area contributed by atoms with Crippen molar-refractivity contribution in [1.82, 2.24) is 0 Å². The van der Waals surface area contributed by atoms with Crippen molar-refractivity contribution < 1.29 is 9.16 Å². The molecule has 0 unspecified atom stereocenters. The first-order chi connectivity index (χ1) is 10.0. The summed E-state index contributed by atoms with van der Waals surface area (Å²) in [6.07, 6.45) is 6.19. The van der Waals surface area contributed by atoms with E-state index in [1.54, 1.807) is 0 Å². The SMILES string of the molecule is C=C[C@H](C)[C@@H]1O[C@H](CCC)[C@H](C)C[C@@H]1O[Si](C)(C)C(C)(C)C. The molecule has 0 aromatic rings. The minimum Gasteiger partial charge on any atom is -0.411 e. The van der Waals surface area contributed by atoms with Gasteiger partial charge in [0, 0.05) is 5.92 Å². The van der Waals surface area contributed by atoms with E-state index < -0.39 is 8.32 Å². The minimum absolute atomic E-state index is 0.152. The van der Waals surface area contributed by atoms with Crippen LogP contribution in [-0.4, -0.2) is 26.6 Å². The highest BCUT2D eigenvalue weighted by Gasteiger charge is 2.45. The maximum absolute atomic E-state index is 6.74. The molecule has 1 aliphatic rings. The van der Waals surface area contributed by atoms with Crippen LogP contribution in [0.1, 0.15) is 60.8 Å². The van der Waals surface area contributed by atoms with E-state index in [9.17, 15) is 0 Å². The monoisotopic (exact) mass is 326 g/mol. The molecular formula is C19H38O2Si. The van der Waals surface area contributed by atoms with E-state index in [4.69, 9.17) is 9.16 Å². The molecule has 22 heavy (non-hydrogen) atoms. The molecule has 0 amide bonds. The van der Waals surface area contributed by atoms with Crippen LogP contribution in [0.5, 0.6) is 0 Å². The predicted molar refractivity (Wildman–Crippen MR) is 98.8 cm³/mol. The van der Waals surface area contributed by atoms with Crippen LogP contribution in [0.4, 0.5) is 0 Å². The van der Waals surface area contributed by atoms with Crippen LogP contribution in [0, 0.1) is 11.8 Å². The fourth-order valence-corrected chi connectivity index (χ4v) is 4.32. The maximum Gasteiger partial charge on any atom is 0.192 e. The van der Waals surface area contributed by atoms with Gasteiger partial charge in [-0.2, -0.15) is 0 Å². The van der Waals surface area contributed by atoms with Crippen LogP contribution in [-0.2, 0) is 9.16 Å². The molecule has 2 nitrogen and oxygen atoms in total. The average molecular weight is 327 g/mol. The van der Waals surface area contributed by atoms with E-state index in [1.807, 2.05) is 6.08 Å². The van der Waals surface area contributed by atoms with E-state index in [0.29, 0.717) is 17.9 Å². The van der Waals surface area contributed by atoms with Gasteiger partial charge in [-0.05, 0) is 36.9 Å². The van der Waals surface area contributed by atoms with Gasteiger partial charge in [-0.1, -0.05) is 54.0 Å². The summed E-state index contributed by atoms with van der Waals surface area (Å²) < 4.78 is 13.2. The molecule has 0 saturated carbocycles. The van der Waals surface area contributed by atoms with E-state index >= 15 is 0 Å². The van der Waals surface area contributed by atoms with Gasteiger partial charge in [0.1, 0.15) is 0 Å². The fourth-order valence-electron chi connectivity index (χ4n) is 2.98. The van der Waals surface area contributed by atoms with Gasteiger partial charge >= 0.3 is 0 Å². The van der Waals surface area contributed by atoms with Gasteiger partial charge in [-0.25, -0.2) is 0 Å². The lowest BCUT2D eigenvalue weighted by molar-refractivity contribution is -0.150. The number of hydrogen-bond acceptors (Lipinski definition) is 2. The molecule has 1 aliphatic heterocycles. The third-order valence-electron chi connectivity index (χ3n) is 5.65. The fraction of sp³-hybridized carbons (Fsp3) is 0.895. The van der Waals surface area contributed by atoms with Crippen LogP contribution in [0.2, 0.25) is 18.1 Å². The summed E-state index contributed by atoms with van der Waals surface area (Å²) >= 11 is 0. The lowest BCUT2D eigenvalue weighted by Gasteiger charge is -2.47. The molecule has 1 heterocycles. The molecule has 0 aliphatic carbocycles. The first-order valence-electron chi connectivity index (χ1n) is 8.99. The molecule has 1 fully saturated rings. The van der Waals surface area contributed by atoms with Crippen molar-refractivity contribution in [2.24, 2.45) is 11.8 Å². The van der Waals surface area contributed by atoms with Crippen molar-refractivity contribution in [3.8, 4) is 0 Å². The lowest BCUT2D eigenvalue weighted by Crippen LogP contribution is -2.53. The Morgan fingerprint density at radius 2 is 1.95 bits per heavy atom. The third-order valence-corrected chi connectivity index (χ3v) is 10.2. The van der Waals surface area contributed by atoms with E-state index in [-0.39, 0.29) is 17.2 Å². The molecule has 0 radical (unpaired) electrons. The smallest absolute Gasteiger partial charge is 0.192 e. The molecule has 1 rings (SSSR count). The average Bonchev–Trinajstić information content (AvgIpc) is 2.39. The zero-order chi connectivity index (χ0) is 17.1. The summed E-state index contributed by atoms with van der Waals surface area (Å²) in [6.45, 7) is 22.3. The Balaban J connectivity index is 2.93. The van der Waals surface area contributed by atoms with E-state index in [0.717, 1.165) is 12.8 Å². The first kappa shape index (κ1) is 19.9. The predicted octanol–water partition coefficient (Wildman–Crippen LogP) is 5.79. The van der Waals surface area contributed by atoms with Crippen molar-refractivity contribution >= 4 is 8.32 Å². The van der Waals surface area contributed by atoms with Crippen molar-refractivity contribution in [3.63, 3.8) is 0 Å². The molecule has 0 aromatic carbocycles. The quantitative estimate of drug-likeness (QED) is 0.454. The second kappa shape index (κ2) is 7.63. The van der Waals surface area contributed by atoms with Crippen molar-refractivity contribution in [2.45, 2.75) is 97.2 Å². The van der Waals surface area contributed by atoms with Crippen LogP contribution in [0.25, 0.3) is 0 Å². The lowest BCUT2D eigenvalue weighted by atomic mass is 9.85. The number of hydrogen-bond donors (Lipinski definition) is 0. The van der Waals surface area contributed by atoms with Gasteiger partial charge in [-0.15, -0.1) is 6.58 Å². The summed E-state index contributed by atoms with van der Waals surface area (Å²) in [5, 5.41) is 0.235. The minimum atomic E-state index is -1.78. The molecule has 130 valence electrons. The second-order valence-electron chi connectivity index (χ2n) is 8.65. The highest BCUT2D eigenvalue weighted by atomic mass is 28.4. The number of ether oxygens (including phenoxy) is 1. The number of rotatable bonds is 6. The molecule has 0 spiro atoms. The van der Waals surface area contributed by atoms with E-state index in [2.05, 4.69) is 61.2 Å². The first-order valence-corrected chi connectivity index (χ1v) is 11.9. The van der Waals surface area contributed by atoms with Gasteiger partial charge < -0.3 is 9.16 Å². The van der Waals surface area contributed by atoms with Crippen molar-refractivity contribution in [2.75, 3.05) is 0 Å². The van der Waals surface area contributed by atoms with Gasteiger partial charge in [0.25, 0.3) is 0 Å². The van der Waals surface area contributed by atoms with Gasteiger partial charge in [0.15, 0.2) is 8.32 Å². The Bertz CT molecular complexity index is 359. The molecule has 3 heteroatoms. The maximum atomic E-state index is 6.74. The zero-order valence-electron chi connectivity index (χ0n) is 16.1. The Morgan fingerprint density at radius 1 is 1.36 bits per heavy atom. The molecule has 1 saturated heterocycles. The topological polar surface area (TPSA) is 18.5 Å². The Hall–Kier alpha value is -0.123. The second-order valence-corrected chi connectivity index (χ2v) is 13.4. The standard InChI is InChI=1S/C19H38O2Si/c1-10-12-16-15(4)13-17(18(20-16)14(3)11-2)21-22(8,9)19(5,6)7/h11,14-18H,2,10,12-13H2,1,3-9H3/t14-,15+,16+,17-,18-/m0/s1. The van der Waals surface area contributed by atoms with Crippen molar-refractivity contribution in [3.05, 3.63) is 12.7 Å². The summed E-state index contributed by atoms with van der Waals surface area (Å²) in [6, 6.07) is 0. The summed E-state index contributed by atoms with van der Waals surface area (Å²) in [4.78, 5) is 0. The van der Waals surface area contributed by atoms with Gasteiger partial charge in [0.2, 0.25) is 0 Å². The summed E-state index contributed by atoms with van der Waals surface area (Å²) in [7, 11) is -1.78. The molecule has 0 N–H and O–H groups in total. The molecule has 0 aromatic heterocycles. The van der Waals surface area contributed by atoms with Crippen molar-refractivity contribution in [1.29, 1.82) is 0 Å². The van der Waals surface area contributed by atoms with Crippen LogP contribution >= 0.6 is 0 Å². The normalized spacial score (nSPS) is 31.8. The molecular weight excluding hydrogens is 288 g/mol. The summed E-state index contributed by atoms with van der Waals surface area (Å²) in [5.41, 5.74) is 0. The summed E-state index contributed by atoms with van der Waals surface area (Å²) in [5.74, 6) is 0.907. The van der Waals surface area contributed by atoms with Crippen LogP contribution in [0.3, 0.4) is 0 Å².